The summed E-state index contributed by atoms with van der Waals surface area (Å²) < 4.78 is 4.82. The number of carbonyl (C=O) groups is 1. The average molecular weight is 246 g/mol. The number of nitrogens with zero attached hydrogens (tertiary/aromatic N) is 2. The van der Waals surface area contributed by atoms with Crippen molar-refractivity contribution in [1.29, 1.82) is 0 Å². The molecule has 1 aromatic heterocycles. The molecule has 1 rings (SSSR count). The van der Waals surface area contributed by atoms with Crippen LogP contribution >= 0.6 is 11.6 Å². The Kier molecular flexibility index (Phi) is 5.10. The highest BCUT2D eigenvalue weighted by Gasteiger charge is 2.13. The minimum absolute atomic E-state index is 0.138. The molecule has 88 valence electrons. The third-order valence-electron chi connectivity index (χ3n) is 1.78. The van der Waals surface area contributed by atoms with E-state index in [9.17, 15) is 4.79 Å². The molecule has 0 unspecified atom stereocenters. The van der Waals surface area contributed by atoms with Crippen molar-refractivity contribution in [2.24, 2.45) is 0 Å². The molecule has 1 atom stereocenters. The first kappa shape index (κ1) is 12.8. The van der Waals surface area contributed by atoms with Gasteiger partial charge in [-0.25, -0.2) is 9.97 Å². The van der Waals surface area contributed by atoms with Gasteiger partial charge in [0, 0.05) is 7.11 Å². The van der Waals surface area contributed by atoms with Gasteiger partial charge in [-0.15, -0.1) is 0 Å². The number of halogens is 1. The lowest BCUT2D eigenvalue weighted by atomic mass is 10.3. The van der Waals surface area contributed by atoms with Gasteiger partial charge in [0.15, 0.2) is 0 Å². The first-order valence-corrected chi connectivity index (χ1v) is 4.93. The van der Waals surface area contributed by atoms with Crippen LogP contribution in [-0.4, -0.2) is 47.3 Å². The first-order valence-electron chi connectivity index (χ1n) is 4.55. The standard InChI is InChI=1S/C9H12ClN3O3/c1-16-5-6(4-14)13-9(15)7-2-12-8(10)3-11-7/h2-3,6,14H,4-5H2,1H3,(H,13,15)/t6-/m0/s1. The first-order chi connectivity index (χ1) is 7.67. The number of nitrogens with one attached hydrogen (secondary N) is 1. The molecule has 6 nitrogen and oxygen atoms in total. The summed E-state index contributed by atoms with van der Waals surface area (Å²) in [5.74, 6) is -0.430. The quantitative estimate of drug-likeness (QED) is 0.755. The molecule has 0 aliphatic heterocycles. The summed E-state index contributed by atoms with van der Waals surface area (Å²) in [6, 6.07) is -0.463. The summed E-state index contributed by atoms with van der Waals surface area (Å²) in [6.45, 7) is 0.0177. The van der Waals surface area contributed by atoms with Crippen LogP contribution in [0.15, 0.2) is 12.4 Å². The normalized spacial score (nSPS) is 12.2. The Morgan fingerprint density at radius 3 is 2.88 bits per heavy atom. The Balaban J connectivity index is 2.60. The highest BCUT2D eigenvalue weighted by Crippen LogP contribution is 2.01. The number of carbonyl (C=O) groups excluding carboxylic acids is 1. The molecule has 16 heavy (non-hydrogen) atoms. The number of amides is 1. The molecule has 0 aromatic carbocycles. The second-order valence-corrected chi connectivity index (χ2v) is 3.42. The monoisotopic (exact) mass is 245 g/mol. The molecule has 0 aliphatic carbocycles. The number of hydrogen-bond acceptors (Lipinski definition) is 5. The van der Waals surface area contributed by atoms with Gasteiger partial charge in [0.2, 0.25) is 0 Å². The molecule has 1 heterocycles. The fraction of sp³-hybridized carbons (Fsp3) is 0.444. The van der Waals surface area contributed by atoms with Crippen LogP contribution in [0.2, 0.25) is 5.15 Å². The van der Waals surface area contributed by atoms with Crippen molar-refractivity contribution in [3.8, 4) is 0 Å². The fourth-order valence-corrected chi connectivity index (χ4v) is 1.13. The number of aliphatic hydroxyl groups is 1. The zero-order valence-electron chi connectivity index (χ0n) is 8.68. The molecule has 0 saturated heterocycles. The van der Waals surface area contributed by atoms with Crippen LogP contribution in [0.1, 0.15) is 10.5 Å². The molecule has 0 bridgehead atoms. The maximum atomic E-state index is 11.6. The topological polar surface area (TPSA) is 84.3 Å². The van der Waals surface area contributed by atoms with Crippen LogP contribution in [0.3, 0.4) is 0 Å². The molecular formula is C9H12ClN3O3. The summed E-state index contributed by atoms with van der Waals surface area (Å²) in [7, 11) is 1.48. The summed E-state index contributed by atoms with van der Waals surface area (Å²) in [5.41, 5.74) is 0.138. The van der Waals surface area contributed by atoms with E-state index in [1.807, 2.05) is 0 Å². The van der Waals surface area contributed by atoms with Gasteiger partial charge in [-0.1, -0.05) is 11.6 Å². The van der Waals surface area contributed by atoms with E-state index in [0.717, 1.165) is 0 Å². The lowest BCUT2D eigenvalue weighted by molar-refractivity contribution is 0.0834. The molecule has 7 heteroatoms. The third-order valence-corrected chi connectivity index (χ3v) is 1.97. The average Bonchev–Trinajstić information content (AvgIpc) is 2.29. The second-order valence-electron chi connectivity index (χ2n) is 3.03. The number of hydrogen-bond donors (Lipinski definition) is 2. The van der Waals surface area contributed by atoms with Crippen molar-refractivity contribution in [1.82, 2.24) is 15.3 Å². The van der Waals surface area contributed by atoms with Gasteiger partial charge in [-0.2, -0.15) is 0 Å². The molecular weight excluding hydrogens is 234 g/mol. The van der Waals surface area contributed by atoms with Crippen LogP contribution < -0.4 is 5.32 Å². The Bertz CT molecular complexity index is 344. The molecule has 1 amide bonds. The SMILES string of the molecule is COC[C@H](CO)NC(=O)c1cnc(Cl)cn1. The van der Waals surface area contributed by atoms with Gasteiger partial charge in [-0.05, 0) is 0 Å². The van der Waals surface area contributed by atoms with Gasteiger partial charge >= 0.3 is 0 Å². The Morgan fingerprint density at radius 2 is 2.38 bits per heavy atom. The van der Waals surface area contributed by atoms with Crippen molar-refractivity contribution in [3.05, 3.63) is 23.2 Å². The van der Waals surface area contributed by atoms with Crippen LogP contribution in [0, 0.1) is 0 Å². The lowest BCUT2D eigenvalue weighted by Crippen LogP contribution is -2.40. The van der Waals surface area contributed by atoms with Gasteiger partial charge in [-0.3, -0.25) is 4.79 Å². The van der Waals surface area contributed by atoms with E-state index in [2.05, 4.69) is 15.3 Å². The number of aliphatic hydroxyl groups excluding tert-OH is 1. The lowest BCUT2D eigenvalue weighted by Gasteiger charge is -2.14. The smallest absolute Gasteiger partial charge is 0.271 e. The number of methoxy groups -OCH3 is 1. The Labute approximate surface area is 97.6 Å². The van der Waals surface area contributed by atoms with E-state index in [1.165, 1.54) is 19.5 Å². The Morgan fingerprint density at radius 1 is 1.62 bits per heavy atom. The van der Waals surface area contributed by atoms with E-state index in [-0.39, 0.29) is 24.1 Å². The maximum Gasteiger partial charge on any atom is 0.271 e. The highest BCUT2D eigenvalue weighted by atomic mass is 35.5. The molecule has 0 fully saturated rings. The zero-order valence-corrected chi connectivity index (χ0v) is 9.44. The van der Waals surface area contributed by atoms with Crippen molar-refractivity contribution in [2.75, 3.05) is 20.3 Å². The summed E-state index contributed by atoms with van der Waals surface area (Å²) in [6.07, 6.45) is 2.54. The predicted octanol–water partition coefficient (Wildman–Crippen LogP) is -0.133. The van der Waals surface area contributed by atoms with Crippen molar-refractivity contribution >= 4 is 17.5 Å². The predicted molar refractivity (Wildman–Crippen MR) is 57.3 cm³/mol. The fourth-order valence-electron chi connectivity index (χ4n) is 1.03. The zero-order chi connectivity index (χ0) is 12.0. The molecule has 0 saturated carbocycles. The van der Waals surface area contributed by atoms with Gasteiger partial charge < -0.3 is 15.2 Å². The van der Waals surface area contributed by atoms with E-state index < -0.39 is 11.9 Å². The third kappa shape index (κ3) is 3.73. The van der Waals surface area contributed by atoms with E-state index in [1.54, 1.807) is 0 Å². The summed E-state index contributed by atoms with van der Waals surface area (Å²) in [5, 5.41) is 11.7. The summed E-state index contributed by atoms with van der Waals surface area (Å²) in [4.78, 5) is 19.1. The molecule has 0 spiro atoms. The maximum absolute atomic E-state index is 11.6. The summed E-state index contributed by atoms with van der Waals surface area (Å²) >= 11 is 5.53. The molecule has 2 N–H and O–H groups in total. The Hall–Kier alpha value is -1.24. The number of aromatic nitrogens is 2. The van der Waals surface area contributed by atoms with E-state index in [4.69, 9.17) is 21.4 Å². The largest absolute Gasteiger partial charge is 0.394 e. The minimum atomic E-state index is -0.463. The van der Waals surface area contributed by atoms with Crippen molar-refractivity contribution in [3.63, 3.8) is 0 Å². The van der Waals surface area contributed by atoms with Gasteiger partial charge in [0.1, 0.15) is 10.8 Å². The molecule has 0 aliphatic rings. The number of rotatable bonds is 5. The molecule has 1 aromatic rings. The minimum Gasteiger partial charge on any atom is -0.394 e. The van der Waals surface area contributed by atoms with Crippen LogP contribution in [0.5, 0.6) is 0 Å². The van der Waals surface area contributed by atoms with Crippen molar-refractivity contribution in [2.45, 2.75) is 6.04 Å². The number of ether oxygens (including phenoxy) is 1. The van der Waals surface area contributed by atoms with Gasteiger partial charge in [0.25, 0.3) is 5.91 Å². The second kappa shape index (κ2) is 6.37. The van der Waals surface area contributed by atoms with Crippen LogP contribution in [0.4, 0.5) is 0 Å². The van der Waals surface area contributed by atoms with Crippen LogP contribution in [0.25, 0.3) is 0 Å². The van der Waals surface area contributed by atoms with Crippen molar-refractivity contribution < 1.29 is 14.6 Å². The van der Waals surface area contributed by atoms with E-state index in [0.29, 0.717) is 0 Å². The van der Waals surface area contributed by atoms with E-state index >= 15 is 0 Å². The van der Waals surface area contributed by atoms with Crippen LogP contribution in [-0.2, 0) is 4.74 Å². The molecule has 0 radical (unpaired) electrons. The highest BCUT2D eigenvalue weighted by molar-refractivity contribution is 6.29. The van der Waals surface area contributed by atoms with Gasteiger partial charge in [0.05, 0.1) is 31.6 Å².